The summed E-state index contributed by atoms with van der Waals surface area (Å²) in [4.78, 5) is 7.58. The van der Waals surface area contributed by atoms with E-state index in [9.17, 15) is 0 Å². The number of rotatable bonds is 4. The molecule has 1 aliphatic rings. The third-order valence-electron chi connectivity index (χ3n) is 6.80. The largest absolute Gasteiger partial charge is 0.352 e. The van der Waals surface area contributed by atoms with Crippen LogP contribution in [-0.2, 0) is 20.0 Å². The molecule has 1 aromatic carbocycles. The summed E-state index contributed by atoms with van der Waals surface area (Å²) in [6, 6.07) is 8.74. The molecule has 0 radical (unpaired) electrons. The third kappa shape index (κ3) is 3.30. The first-order valence-electron chi connectivity index (χ1n) is 11.2. The van der Waals surface area contributed by atoms with Crippen molar-refractivity contribution in [1.29, 1.82) is 0 Å². The van der Waals surface area contributed by atoms with Gasteiger partial charge in [-0.1, -0.05) is 19.9 Å². The fourth-order valence-electron chi connectivity index (χ4n) is 4.71. The molecule has 6 nitrogen and oxygen atoms in total. The van der Waals surface area contributed by atoms with Gasteiger partial charge in [-0.25, -0.2) is 0 Å². The van der Waals surface area contributed by atoms with Gasteiger partial charge >= 0.3 is 0 Å². The third-order valence-corrected chi connectivity index (χ3v) is 6.80. The van der Waals surface area contributed by atoms with Crippen molar-refractivity contribution < 1.29 is 0 Å². The van der Waals surface area contributed by atoms with Crippen LogP contribution in [0.15, 0.2) is 30.5 Å². The number of nitrogens with one attached hydrogen (secondary N) is 1. The van der Waals surface area contributed by atoms with Gasteiger partial charge < -0.3 is 4.90 Å². The molecule has 0 aliphatic carbocycles. The van der Waals surface area contributed by atoms with Crippen molar-refractivity contribution in [1.82, 2.24) is 25.0 Å². The zero-order valence-electron chi connectivity index (χ0n) is 19.0. The molecule has 6 heteroatoms. The molecule has 1 atom stereocenters. The molecule has 0 amide bonds. The summed E-state index contributed by atoms with van der Waals surface area (Å²) in [6.07, 6.45) is 3.95. The number of hydrogen-bond acceptors (Lipinski definition) is 4. The van der Waals surface area contributed by atoms with Crippen LogP contribution in [0.5, 0.6) is 0 Å². The van der Waals surface area contributed by atoms with Crippen LogP contribution in [0.1, 0.15) is 54.3 Å². The molecule has 1 N–H and O–H groups in total. The summed E-state index contributed by atoms with van der Waals surface area (Å²) in [5.41, 5.74) is 9.56. The van der Waals surface area contributed by atoms with Crippen LogP contribution < -0.4 is 4.90 Å². The summed E-state index contributed by atoms with van der Waals surface area (Å²) in [5, 5.41) is 13.2. The maximum Gasteiger partial charge on any atom is 0.127 e. The first-order valence-corrected chi connectivity index (χ1v) is 11.2. The Morgan fingerprint density at radius 2 is 2.00 bits per heavy atom. The predicted molar refractivity (Wildman–Crippen MR) is 125 cm³/mol. The number of hydrogen-bond donors (Lipinski definition) is 1. The number of benzene rings is 1. The fraction of sp³-hybridized carbons (Fsp3) is 0.400. The van der Waals surface area contributed by atoms with Gasteiger partial charge in [0.25, 0.3) is 0 Å². The highest BCUT2D eigenvalue weighted by Crippen LogP contribution is 2.34. The molecular weight excluding hydrogens is 384 g/mol. The van der Waals surface area contributed by atoms with Gasteiger partial charge in [-0.15, -0.1) is 0 Å². The molecule has 31 heavy (non-hydrogen) atoms. The van der Waals surface area contributed by atoms with Crippen molar-refractivity contribution >= 4 is 16.7 Å². The van der Waals surface area contributed by atoms with E-state index in [0.717, 1.165) is 42.5 Å². The second kappa shape index (κ2) is 7.52. The van der Waals surface area contributed by atoms with Crippen LogP contribution in [0, 0.1) is 13.8 Å². The molecule has 160 valence electrons. The Morgan fingerprint density at radius 1 is 1.16 bits per heavy atom. The van der Waals surface area contributed by atoms with Gasteiger partial charge in [0, 0.05) is 55.2 Å². The molecule has 0 spiro atoms. The Labute approximate surface area is 183 Å². The smallest absolute Gasteiger partial charge is 0.127 e. The van der Waals surface area contributed by atoms with E-state index in [4.69, 9.17) is 10.1 Å². The number of aromatic nitrogens is 5. The highest BCUT2D eigenvalue weighted by Gasteiger charge is 2.24. The zero-order valence-corrected chi connectivity index (χ0v) is 19.0. The van der Waals surface area contributed by atoms with Gasteiger partial charge in [0.05, 0.1) is 23.1 Å². The highest BCUT2D eigenvalue weighted by molar-refractivity contribution is 5.95. The molecule has 0 saturated heterocycles. The van der Waals surface area contributed by atoms with E-state index in [-0.39, 0.29) is 0 Å². The van der Waals surface area contributed by atoms with E-state index in [2.05, 4.69) is 74.1 Å². The maximum atomic E-state index is 5.14. The van der Waals surface area contributed by atoms with Crippen LogP contribution in [0.4, 0.5) is 5.82 Å². The number of aryl methyl sites for hydroxylation is 3. The second-order valence-electron chi connectivity index (χ2n) is 8.87. The molecule has 0 bridgehead atoms. The van der Waals surface area contributed by atoms with Gasteiger partial charge in [-0.3, -0.25) is 14.8 Å². The van der Waals surface area contributed by atoms with E-state index in [1.807, 2.05) is 10.9 Å². The minimum Gasteiger partial charge on any atom is -0.352 e. The average molecular weight is 415 g/mol. The lowest BCUT2D eigenvalue weighted by Gasteiger charge is -2.31. The molecule has 3 aromatic heterocycles. The second-order valence-corrected chi connectivity index (χ2v) is 8.87. The lowest BCUT2D eigenvalue weighted by atomic mass is 9.95. The van der Waals surface area contributed by atoms with E-state index in [1.54, 1.807) is 0 Å². The molecule has 4 heterocycles. The number of H-pyrrole nitrogens is 1. The van der Waals surface area contributed by atoms with Crippen LogP contribution >= 0.6 is 0 Å². The van der Waals surface area contributed by atoms with Gasteiger partial charge in [0.2, 0.25) is 0 Å². The van der Waals surface area contributed by atoms with E-state index < -0.39 is 0 Å². The maximum absolute atomic E-state index is 5.14. The van der Waals surface area contributed by atoms with E-state index in [0.29, 0.717) is 5.92 Å². The first-order chi connectivity index (χ1) is 15.0. The average Bonchev–Trinajstić information content (AvgIpc) is 3.39. The Morgan fingerprint density at radius 3 is 2.81 bits per heavy atom. The SMILES string of the molecule is CCC(C)c1cc(N2CCc3nc(-c4c(C)ccc5[nH]ncc45)cc(C)c3C2)n(C)n1. The molecule has 0 fully saturated rings. The quantitative estimate of drug-likeness (QED) is 0.507. The molecular formula is C25H30N6. The topological polar surface area (TPSA) is 62.6 Å². The van der Waals surface area contributed by atoms with Crippen molar-refractivity contribution in [3.63, 3.8) is 0 Å². The van der Waals surface area contributed by atoms with Crippen molar-refractivity contribution in [3.8, 4) is 11.3 Å². The Balaban J connectivity index is 1.51. The lowest BCUT2D eigenvalue weighted by molar-refractivity contribution is 0.640. The van der Waals surface area contributed by atoms with Crippen molar-refractivity contribution in [2.45, 2.75) is 53.0 Å². The van der Waals surface area contributed by atoms with Gasteiger partial charge in [0.1, 0.15) is 5.82 Å². The molecule has 4 aromatic rings. The summed E-state index contributed by atoms with van der Waals surface area (Å²) < 4.78 is 2.03. The standard InChI is InChI=1S/C25H30N6/c1-6-15(2)22-12-24(30(5)29-22)31-10-9-20-19(14-31)17(4)11-23(27-20)25-16(3)7-8-21-18(25)13-26-28-21/h7-8,11-13,15H,6,9-10,14H2,1-5H3,(H,26,28). The zero-order chi connectivity index (χ0) is 21.7. The minimum absolute atomic E-state index is 0.483. The van der Waals surface area contributed by atoms with Crippen molar-refractivity contribution in [2.75, 3.05) is 11.4 Å². The van der Waals surface area contributed by atoms with Crippen LogP contribution in [0.25, 0.3) is 22.2 Å². The Bertz CT molecular complexity index is 1260. The lowest BCUT2D eigenvalue weighted by Crippen LogP contribution is -2.33. The number of pyridine rings is 1. The van der Waals surface area contributed by atoms with Gasteiger partial charge in [-0.05, 0) is 49.1 Å². The summed E-state index contributed by atoms with van der Waals surface area (Å²) >= 11 is 0. The van der Waals surface area contributed by atoms with Crippen LogP contribution in [0.3, 0.4) is 0 Å². The molecule has 5 rings (SSSR count). The summed E-state index contributed by atoms with van der Waals surface area (Å²) in [6.45, 7) is 10.7. The van der Waals surface area contributed by atoms with Crippen LogP contribution in [0.2, 0.25) is 0 Å². The fourth-order valence-corrected chi connectivity index (χ4v) is 4.71. The van der Waals surface area contributed by atoms with Gasteiger partial charge in [0.15, 0.2) is 0 Å². The molecule has 1 unspecified atom stereocenters. The predicted octanol–water partition coefficient (Wildman–Crippen LogP) is 5.05. The van der Waals surface area contributed by atoms with Gasteiger partial charge in [-0.2, -0.15) is 10.2 Å². The molecule has 0 saturated carbocycles. The first kappa shape index (κ1) is 19.8. The monoisotopic (exact) mass is 414 g/mol. The number of fused-ring (bicyclic) bond motifs is 2. The Kier molecular flexibility index (Phi) is 4.80. The number of nitrogens with zero attached hydrogens (tertiary/aromatic N) is 5. The van der Waals surface area contributed by atoms with Crippen molar-refractivity contribution in [3.05, 3.63) is 58.5 Å². The summed E-state index contributed by atoms with van der Waals surface area (Å²) in [7, 11) is 2.05. The van der Waals surface area contributed by atoms with E-state index in [1.165, 1.54) is 39.5 Å². The normalized spacial score (nSPS) is 14.8. The summed E-state index contributed by atoms with van der Waals surface area (Å²) in [5.74, 6) is 1.68. The Hall–Kier alpha value is -3.15. The van der Waals surface area contributed by atoms with Crippen LogP contribution in [-0.4, -0.2) is 31.5 Å². The minimum atomic E-state index is 0.483. The molecule has 1 aliphatic heterocycles. The number of aromatic amines is 1. The van der Waals surface area contributed by atoms with E-state index >= 15 is 0 Å². The highest BCUT2D eigenvalue weighted by atomic mass is 15.4. The van der Waals surface area contributed by atoms with Crippen molar-refractivity contribution in [2.24, 2.45) is 7.05 Å². The number of anilines is 1.